The highest BCUT2D eigenvalue weighted by molar-refractivity contribution is 5.89. The Morgan fingerprint density at radius 2 is 1.82 bits per heavy atom. The molecular weight excluding hydrogens is 218 g/mol. The second kappa shape index (κ2) is 7.05. The van der Waals surface area contributed by atoms with Gasteiger partial charge in [-0.3, -0.25) is 4.79 Å². The van der Waals surface area contributed by atoms with Crippen molar-refractivity contribution in [2.45, 2.75) is 53.4 Å². The van der Waals surface area contributed by atoms with Crippen LogP contribution in [0.15, 0.2) is 0 Å². The minimum absolute atomic E-state index is 0.300. The van der Waals surface area contributed by atoms with Gasteiger partial charge in [0.05, 0.1) is 6.07 Å². The van der Waals surface area contributed by atoms with Crippen LogP contribution in [0.4, 0.5) is 0 Å². The molecule has 17 heavy (non-hydrogen) atoms. The van der Waals surface area contributed by atoms with Crippen LogP contribution in [0.3, 0.4) is 0 Å². The highest BCUT2D eigenvalue weighted by Crippen LogP contribution is 2.33. The number of carbonyl (C=O) groups excluding carboxylic acids is 2. The van der Waals surface area contributed by atoms with Crippen molar-refractivity contribution in [3.8, 4) is 6.07 Å². The summed E-state index contributed by atoms with van der Waals surface area (Å²) in [5, 5.41) is 9.24. The normalized spacial score (nSPS) is 13.9. The summed E-state index contributed by atoms with van der Waals surface area (Å²) < 4.78 is 4.59. The molecule has 96 valence electrons. The molecule has 0 saturated heterocycles. The van der Waals surface area contributed by atoms with E-state index in [0.717, 1.165) is 12.8 Å². The summed E-state index contributed by atoms with van der Waals surface area (Å²) in [7, 11) is 0. The Kier molecular flexibility index (Phi) is 6.48. The molecule has 0 aromatic rings. The van der Waals surface area contributed by atoms with Crippen molar-refractivity contribution in [1.29, 1.82) is 5.26 Å². The lowest BCUT2D eigenvalue weighted by Gasteiger charge is -2.26. The van der Waals surface area contributed by atoms with Crippen molar-refractivity contribution in [3.63, 3.8) is 0 Å². The minimum atomic E-state index is -1.18. The molecule has 0 heterocycles. The molecule has 4 heteroatoms. The Labute approximate surface area is 103 Å². The van der Waals surface area contributed by atoms with Crippen molar-refractivity contribution in [2.75, 3.05) is 0 Å². The van der Waals surface area contributed by atoms with Gasteiger partial charge in [0.1, 0.15) is 0 Å². The standard InChI is InChI=1S/C13H21NO3/c1-5-11(6-2)8-13(7-3,9-14)12(16)17-10(4)15/h11H,5-8H2,1-4H3. The van der Waals surface area contributed by atoms with E-state index < -0.39 is 17.4 Å². The van der Waals surface area contributed by atoms with Crippen LogP contribution in [-0.4, -0.2) is 11.9 Å². The zero-order valence-electron chi connectivity index (χ0n) is 11.1. The molecule has 4 nitrogen and oxygen atoms in total. The van der Waals surface area contributed by atoms with Gasteiger partial charge in [-0.1, -0.05) is 33.6 Å². The molecule has 0 radical (unpaired) electrons. The number of hydrogen-bond acceptors (Lipinski definition) is 4. The maximum atomic E-state index is 11.8. The van der Waals surface area contributed by atoms with E-state index in [1.54, 1.807) is 6.92 Å². The van der Waals surface area contributed by atoms with Gasteiger partial charge in [-0.2, -0.15) is 5.26 Å². The smallest absolute Gasteiger partial charge is 0.334 e. The maximum Gasteiger partial charge on any atom is 0.334 e. The van der Waals surface area contributed by atoms with Gasteiger partial charge in [0.25, 0.3) is 0 Å². The van der Waals surface area contributed by atoms with Crippen molar-refractivity contribution in [3.05, 3.63) is 0 Å². The van der Waals surface area contributed by atoms with E-state index in [-0.39, 0.29) is 0 Å². The second-order valence-electron chi connectivity index (χ2n) is 4.32. The summed E-state index contributed by atoms with van der Waals surface area (Å²) in [6.45, 7) is 7.00. The van der Waals surface area contributed by atoms with E-state index in [9.17, 15) is 14.9 Å². The van der Waals surface area contributed by atoms with E-state index >= 15 is 0 Å². The second-order valence-corrected chi connectivity index (χ2v) is 4.32. The van der Waals surface area contributed by atoms with Crippen LogP contribution in [-0.2, 0) is 14.3 Å². The number of nitrogens with zero attached hydrogens (tertiary/aromatic N) is 1. The highest BCUT2D eigenvalue weighted by atomic mass is 16.6. The average molecular weight is 239 g/mol. The van der Waals surface area contributed by atoms with E-state index in [0.29, 0.717) is 18.8 Å². The summed E-state index contributed by atoms with van der Waals surface area (Å²) in [5.41, 5.74) is -1.18. The van der Waals surface area contributed by atoms with Gasteiger partial charge in [0.15, 0.2) is 5.41 Å². The van der Waals surface area contributed by atoms with Crippen LogP contribution in [0.2, 0.25) is 0 Å². The van der Waals surface area contributed by atoms with Crippen LogP contribution in [0, 0.1) is 22.7 Å². The van der Waals surface area contributed by atoms with E-state index in [1.807, 2.05) is 19.9 Å². The molecule has 0 aliphatic rings. The number of esters is 2. The fourth-order valence-electron chi connectivity index (χ4n) is 1.84. The Bertz CT molecular complexity index is 315. The lowest BCUT2D eigenvalue weighted by Crippen LogP contribution is -2.34. The monoisotopic (exact) mass is 239 g/mol. The van der Waals surface area contributed by atoms with Crippen molar-refractivity contribution in [2.24, 2.45) is 11.3 Å². The van der Waals surface area contributed by atoms with Crippen LogP contribution in [0.25, 0.3) is 0 Å². The average Bonchev–Trinajstić information content (AvgIpc) is 2.30. The molecule has 0 saturated carbocycles. The summed E-state index contributed by atoms with van der Waals surface area (Å²) >= 11 is 0. The fourth-order valence-corrected chi connectivity index (χ4v) is 1.84. The van der Waals surface area contributed by atoms with Gasteiger partial charge in [0, 0.05) is 6.92 Å². The number of nitriles is 1. The van der Waals surface area contributed by atoms with E-state index in [4.69, 9.17) is 0 Å². The molecule has 1 unspecified atom stereocenters. The third kappa shape index (κ3) is 4.18. The van der Waals surface area contributed by atoms with Gasteiger partial charge in [-0.15, -0.1) is 0 Å². The first-order chi connectivity index (χ1) is 7.95. The predicted octanol–water partition coefficient (Wildman–Crippen LogP) is 2.82. The van der Waals surface area contributed by atoms with Gasteiger partial charge in [-0.05, 0) is 18.8 Å². The third-order valence-corrected chi connectivity index (χ3v) is 3.24. The third-order valence-electron chi connectivity index (χ3n) is 3.24. The van der Waals surface area contributed by atoms with Crippen molar-refractivity contribution in [1.82, 2.24) is 0 Å². The quantitative estimate of drug-likeness (QED) is 0.528. The molecule has 0 aliphatic carbocycles. The zero-order valence-corrected chi connectivity index (χ0v) is 11.1. The summed E-state index contributed by atoms with van der Waals surface area (Å²) in [6, 6.07) is 2.04. The van der Waals surface area contributed by atoms with E-state index in [1.165, 1.54) is 6.92 Å². The Morgan fingerprint density at radius 3 is 2.12 bits per heavy atom. The van der Waals surface area contributed by atoms with Crippen LogP contribution in [0.1, 0.15) is 53.4 Å². The first kappa shape index (κ1) is 15.6. The molecule has 0 spiro atoms. The Balaban J connectivity index is 4.96. The Morgan fingerprint density at radius 1 is 1.29 bits per heavy atom. The Hall–Kier alpha value is -1.37. The van der Waals surface area contributed by atoms with Gasteiger partial charge < -0.3 is 4.74 Å². The number of carbonyl (C=O) groups is 2. The van der Waals surface area contributed by atoms with Crippen LogP contribution in [0.5, 0.6) is 0 Å². The van der Waals surface area contributed by atoms with Gasteiger partial charge in [0.2, 0.25) is 0 Å². The van der Waals surface area contributed by atoms with Crippen molar-refractivity contribution < 1.29 is 14.3 Å². The van der Waals surface area contributed by atoms with Crippen LogP contribution < -0.4 is 0 Å². The molecule has 0 bridgehead atoms. The molecule has 0 fully saturated rings. The first-order valence-electron chi connectivity index (χ1n) is 6.09. The lowest BCUT2D eigenvalue weighted by molar-refractivity contribution is -0.164. The number of hydrogen-bond donors (Lipinski definition) is 0. The lowest BCUT2D eigenvalue weighted by atomic mass is 9.76. The summed E-state index contributed by atoms with van der Waals surface area (Å²) in [4.78, 5) is 22.6. The first-order valence-corrected chi connectivity index (χ1v) is 6.09. The van der Waals surface area contributed by atoms with E-state index in [2.05, 4.69) is 4.74 Å². The SMILES string of the molecule is CCC(CC)CC(C#N)(CC)C(=O)OC(C)=O. The zero-order chi connectivity index (χ0) is 13.5. The molecule has 0 aliphatic heterocycles. The van der Waals surface area contributed by atoms with Gasteiger partial charge >= 0.3 is 11.9 Å². The van der Waals surface area contributed by atoms with Crippen LogP contribution >= 0.6 is 0 Å². The molecule has 1 atom stereocenters. The largest absolute Gasteiger partial charge is 0.392 e. The minimum Gasteiger partial charge on any atom is -0.392 e. The fraction of sp³-hybridized carbons (Fsp3) is 0.769. The number of rotatable bonds is 6. The summed E-state index contributed by atoms with van der Waals surface area (Å²) in [5.74, 6) is -1.07. The summed E-state index contributed by atoms with van der Waals surface area (Å²) in [6.07, 6.45) is 2.64. The maximum absolute atomic E-state index is 11.8. The predicted molar refractivity (Wildman–Crippen MR) is 63.8 cm³/mol. The molecule has 0 rings (SSSR count). The van der Waals surface area contributed by atoms with Crippen molar-refractivity contribution >= 4 is 11.9 Å². The number of ether oxygens (including phenoxy) is 1. The molecule has 0 N–H and O–H groups in total. The van der Waals surface area contributed by atoms with Gasteiger partial charge in [-0.25, -0.2) is 4.79 Å². The molecule has 0 amide bonds. The molecule has 0 aromatic heterocycles. The molecular formula is C13H21NO3. The molecule has 0 aromatic carbocycles. The highest BCUT2D eigenvalue weighted by Gasteiger charge is 2.40. The topological polar surface area (TPSA) is 67.2 Å².